The van der Waals surface area contributed by atoms with Crippen molar-refractivity contribution >= 4 is 27.3 Å². The average Bonchev–Trinajstić information content (AvgIpc) is 2.58. The van der Waals surface area contributed by atoms with Gasteiger partial charge in [-0.2, -0.15) is 0 Å². The van der Waals surface area contributed by atoms with Crippen LogP contribution in [0.25, 0.3) is 0 Å². The van der Waals surface area contributed by atoms with Gasteiger partial charge in [-0.1, -0.05) is 43.7 Å². The van der Waals surface area contributed by atoms with E-state index < -0.39 is 10.0 Å². The molecule has 2 aromatic carbocycles. The molecule has 0 aliphatic carbocycles. The van der Waals surface area contributed by atoms with E-state index in [4.69, 9.17) is 0 Å². The molecule has 6 heteroatoms. The summed E-state index contributed by atoms with van der Waals surface area (Å²) >= 11 is 0. The molecule has 1 amide bonds. The topological polar surface area (TPSA) is 66.5 Å². The molecule has 1 aliphatic heterocycles. The van der Waals surface area contributed by atoms with Crippen LogP contribution in [0.15, 0.2) is 42.5 Å². The molecule has 0 unspecified atom stereocenters. The second-order valence-corrected chi connectivity index (χ2v) is 9.31. The Morgan fingerprint density at radius 3 is 2.44 bits per heavy atom. The summed E-state index contributed by atoms with van der Waals surface area (Å²) in [5.41, 5.74) is 4.28. The predicted octanol–water partition coefficient (Wildman–Crippen LogP) is 3.87. The van der Waals surface area contributed by atoms with E-state index in [1.165, 1.54) is 0 Å². The third-order valence-corrected chi connectivity index (χ3v) is 5.84. The minimum Gasteiger partial charge on any atom is -0.312 e. The van der Waals surface area contributed by atoms with Gasteiger partial charge in [0.1, 0.15) is 0 Å². The van der Waals surface area contributed by atoms with Gasteiger partial charge in [0.15, 0.2) is 0 Å². The third-order valence-electron chi connectivity index (χ3n) is 4.58. The largest absolute Gasteiger partial charge is 0.312 e. The van der Waals surface area contributed by atoms with E-state index in [-0.39, 0.29) is 11.7 Å². The summed E-state index contributed by atoms with van der Waals surface area (Å²) in [5, 5.41) is 0. The van der Waals surface area contributed by atoms with Gasteiger partial charge in [-0.05, 0) is 48.6 Å². The maximum atomic E-state index is 12.5. The number of carbonyl (C=O) groups excluding carboxylic acids is 1. The minimum absolute atomic E-state index is 0.0671. The second kappa shape index (κ2) is 7.72. The molecule has 1 aliphatic rings. The van der Waals surface area contributed by atoms with Gasteiger partial charge in [0.25, 0.3) is 0 Å². The first kappa shape index (κ1) is 19.4. The SMILES string of the molecule is Cc1ccc(CS(=O)(=O)Nc2ccc3c(c2)CCC(=O)N3CC(C)C)cc1. The molecular weight excluding hydrogens is 360 g/mol. The summed E-state index contributed by atoms with van der Waals surface area (Å²) in [4.78, 5) is 14.1. The number of aryl methyl sites for hydroxylation is 2. The lowest BCUT2D eigenvalue weighted by molar-refractivity contribution is -0.119. The lowest BCUT2D eigenvalue weighted by Gasteiger charge is -2.31. The van der Waals surface area contributed by atoms with Gasteiger partial charge in [0.05, 0.1) is 5.75 Å². The number of rotatable bonds is 6. The van der Waals surface area contributed by atoms with Gasteiger partial charge in [-0.25, -0.2) is 8.42 Å². The van der Waals surface area contributed by atoms with E-state index in [0.29, 0.717) is 31.0 Å². The van der Waals surface area contributed by atoms with Crippen molar-refractivity contribution in [1.29, 1.82) is 0 Å². The van der Waals surface area contributed by atoms with Gasteiger partial charge >= 0.3 is 0 Å². The molecule has 0 saturated carbocycles. The average molecular weight is 387 g/mol. The zero-order chi connectivity index (χ0) is 19.6. The van der Waals surface area contributed by atoms with E-state index in [0.717, 1.165) is 22.4 Å². The van der Waals surface area contributed by atoms with E-state index in [1.807, 2.05) is 48.2 Å². The third kappa shape index (κ3) is 4.89. The van der Waals surface area contributed by atoms with Crippen molar-refractivity contribution in [3.05, 3.63) is 59.2 Å². The zero-order valence-electron chi connectivity index (χ0n) is 16.0. The summed E-state index contributed by atoms with van der Waals surface area (Å²) in [6, 6.07) is 12.9. The molecule has 5 nitrogen and oxygen atoms in total. The van der Waals surface area contributed by atoms with Crippen LogP contribution in [0.5, 0.6) is 0 Å². The van der Waals surface area contributed by atoms with Crippen LogP contribution in [-0.4, -0.2) is 20.9 Å². The summed E-state index contributed by atoms with van der Waals surface area (Å²) < 4.78 is 27.7. The van der Waals surface area contributed by atoms with Crippen molar-refractivity contribution in [3.8, 4) is 0 Å². The summed E-state index contributed by atoms with van der Waals surface area (Å²) in [7, 11) is -3.50. The van der Waals surface area contributed by atoms with Crippen molar-refractivity contribution in [3.63, 3.8) is 0 Å². The number of carbonyl (C=O) groups is 1. The number of nitrogens with zero attached hydrogens (tertiary/aromatic N) is 1. The Morgan fingerprint density at radius 1 is 1.07 bits per heavy atom. The number of hydrogen-bond acceptors (Lipinski definition) is 3. The Hall–Kier alpha value is -2.34. The number of anilines is 2. The van der Waals surface area contributed by atoms with Gasteiger partial charge in [-0.3, -0.25) is 9.52 Å². The van der Waals surface area contributed by atoms with Crippen LogP contribution >= 0.6 is 0 Å². The van der Waals surface area contributed by atoms with Gasteiger partial charge in [0.2, 0.25) is 15.9 Å². The summed E-state index contributed by atoms with van der Waals surface area (Å²) in [5.74, 6) is 0.430. The van der Waals surface area contributed by atoms with Crippen LogP contribution in [0.4, 0.5) is 11.4 Å². The smallest absolute Gasteiger partial charge is 0.236 e. The molecule has 3 rings (SSSR count). The first-order chi connectivity index (χ1) is 12.7. The minimum atomic E-state index is -3.50. The molecule has 0 spiro atoms. The fourth-order valence-electron chi connectivity index (χ4n) is 3.31. The molecule has 144 valence electrons. The number of amides is 1. The molecule has 0 bridgehead atoms. The second-order valence-electron chi connectivity index (χ2n) is 7.59. The first-order valence-corrected chi connectivity index (χ1v) is 10.9. The molecular formula is C21H26N2O3S. The predicted molar refractivity (Wildman–Crippen MR) is 109 cm³/mol. The highest BCUT2D eigenvalue weighted by Gasteiger charge is 2.25. The molecule has 0 aromatic heterocycles. The number of fused-ring (bicyclic) bond motifs is 1. The van der Waals surface area contributed by atoms with Gasteiger partial charge in [-0.15, -0.1) is 0 Å². The first-order valence-electron chi connectivity index (χ1n) is 9.23. The van der Waals surface area contributed by atoms with Crippen molar-refractivity contribution < 1.29 is 13.2 Å². The monoisotopic (exact) mass is 386 g/mol. The van der Waals surface area contributed by atoms with Crippen LogP contribution in [0.1, 0.15) is 37.0 Å². The van der Waals surface area contributed by atoms with Crippen LogP contribution in [0, 0.1) is 12.8 Å². The zero-order valence-corrected chi connectivity index (χ0v) is 16.8. The number of nitrogens with one attached hydrogen (secondary N) is 1. The lowest BCUT2D eigenvalue weighted by atomic mass is 9.99. The van der Waals surface area contributed by atoms with Crippen molar-refractivity contribution in [2.75, 3.05) is 16.2 Å². The quantitative estimate of drug-likeness (QED) is 0.819. The highest BCUT2D eigenvalue weighted by atomic mass is 32.2. The lowest BCUT2D eigenvalue weighted by Crippen LogP contribution is -2.37. The van der Waals surface area contributed by atoms with E-state index in [9.17, 15) is 13.2 Å². The summed E-state index contributed by atoms with van der Waals surface area (Å²) in [6.07, 6.45) is 1.09. The highest BCUT2D eigenvalue weighted by Crippen LogP contribution is 2.31. The van der Waals surface area contributed by atoms with Crippen LogP contribution in [0.2, 0.25) is 0 Å². The summed E-state index contributed by atoms with van der Waals surface area (Å²) in [6.45, 7) is 6.80. The van der Waals surface area contributed by atoms with Crippen molar-refractivity contribution in [1.82, 2.24) is 0 Å². The van der Waals surface area contributed by atoms with Gasteiger partial charge in [0, 0.05) is 24.3 Å². The van der Waals surface area contributed by atoms with E-state index in [1.54, 1.807) is 6.07 Å². The number of sulfonamides is 1. The molecule has 1 N–H and O–H groups in total. The molecule has 0 saturated heterocycles. The molecule has 1 heterocycles. The Labute approximate surface area is 161 Å². The van der Waals surface area contributed by atoms with E-state index >= 15 is 0 Å². The standard InChI is InChI=1S/C21H26N2O3S/c1-15(2)13-23-20-10-9-19(12-18(20)8-11-21(23)24)22-27(25,26)14-17-6-4-16(3)5-7-17/h4-7,9-10,12,15,22H,8,11,13-14H2,1-3H3. The Morgan fingerprint density at radius 2 is 1.78 bits per heavy atom. The maximum absolute atomic E-state index is 12.5. The molecule has 27 heavy (non-hydrogen) atoms. The highest BCUT2D eigenvalue weighted by molar-refractivity contribution is 7.91. The van der Waals surface area contributed by atoms with E-state index in [2.05, 4.69) is 18.6 Å². The number of benzene rings is 2. The molecule has 0 radical (unpaired) electrons. The molecule has 2 aromatic rings. The van der Waals surface area contributed by atoms with Crippen LogP contribution in [0.3, 0.4) is 0 Å². The van der Waals surface area contributed by atoms with Crippen LogP contribution < -0.4 is 9.62 Å². The Balaban J connectivity index is 1.78. The van der Waals surface area contributed by atoms with Crippen molar-refractivity contribution in [2.24, 2.45) is 5.92 Å². The fourth-order valence-corrected chi connectivity index (χ4v) is 4.50. The van der Waals surface area contributed by atoms with Crippen LogP contribution in [-0.2, 0) is 27.0 Å². The molecule has 0 fully saturated rings. The molecule has 0 atom stereocenters. The normalized spacial score (nSPS) is 14.4. The van der Waals surface area contributed by atoms with Gasteiger partial charge < -0.3 is 4.90 Å². The maximum Gasteiger partial charge on any atom is 0.236 e. The number of hydrogen-bond donors (Lipinski definition) is 1. The Kier molecular flexibility index (Phi) is 5.56. The Bertz CT molecular complexity index is 934. The van der Waals surface area contributed by atoms with Crippen molar-refractivity contribution in [2.45, 2.75) is 39.4 Å². The fraction of sp³-hybridized carbons (Fsp3) is 0.381.